The number of benzene rings is 1. The van der Waals surface area contributed by atoms with Gasteiger partial charge in [0.2, 0.25) is 5.82 Å². The highest BCUT2D eigenvalue weighted by molar-refractivity contribution is 14.1. The fraction of sp³-hybridized carbons (Fsp3) is 0.222. The average Bonchev–Trinajstić information content (AvgIpc) is 2.23. The van der Waals surface area contributed by atoms with Crippen LogP contribution < -0.4 is 0 Å². The number of esters is 1. The minimum absolute atomic E-state index is 0.0863. The second-order valence-electron chi connectivity index (χ2n) is 2.86. The third-order valence-electron chi connectivity index (χ3n) is 1.81. The van der Waals surface area contributed by atoms with Crippen LogP contribution in [0.4, 0.5) is 14.5 Å². The standard InChI is InChI=1S/C9H6F2INO4/c1-2-17-9(14)6-7(10)4(12)3-5(8(6)11)13(15)16/h3H,2H2,1H3. The lowest BCUT2D eigenvalue weighted by molar-refractivity contribution is -0.387. The van der Waals surface area contributed by atoms with Gasteiger partial charge in [-0.25, -0.2) is 9.18 Å². The number of hydrogen-bond acceptors (Lipinski definition) is 4. The molecule has 92 valence electrons. The minimum atomic E-state index is -1.52. The van der Waals surface area contributed by atoms with Crippen molar-refractivity contribution >= 4 is 34.2 Å². The quantitative estimate of drug-likeness (QED) is 0.274. The Morgan fingerprint density at radius 1 is 1.53 bits per heavy atom. The second kappa shape index (κ2) is 5.34. The molecule has 0 bridgehead atoms. The van der Waals surface area contributed by atoms with Crippen LogP contribution in [0.15, 0.2) is 6.07 Å². The fourth-order valence-corrected chi connectivity index (χ4v) is 1.67. The second-order valence-corrected chi connectivity index (χ2v) is 4.02. The van der Waals surface area contributed by atoms with Crippen molar-refractivity contribution < 1.29 is 23.2 Å². The van der Waals surface area contributed by atoms with Crippen LogP contribution in [0.2, 0.25) is 0 Å². The molecule has 1 rings (SSSR count). The molecule has 0 unspecified atom stereocenters. The summed E-state index contributed by atoms with van der Waals surface area (Å²) >= 11 is 1.43. The molecule has 0 spiro atoms. The first-order chi connectivity index (χ1) is 7.90. The number of ether oxygens (including phenoxy) is 1. The van der Waals surface area contributed by atoms with Crippen molar-refractivity contribution in [3.05, 3.63) is 36.9 Å². The van der Waals surface area contributed by atoms with Crippen molar-refractivity contribution in [3.8, 4) is 0 Å². The number of nitrogens with zero attached hydrogens (tertiary/aromatic N) is 1. The monoisotopic (exact) mass is 357 g/mol. The van der Waals surface area contributed by atoms with Crippen LogP contribution in [0.1, 0.15) is 17.3 Å². The number of carbonyl (C=O) groups excluding carboxylic acids is 1. The summed E-state index contributed by atoms with van der Waals surface area (Å²) in [4.78, 5) is 20.8. The van der Waals surface area contributed by atoms with Crippen molar-refractivity contribution in [2.45, 2.75) is 6.92 Å². The summed E-state index contributed by atoms with van der Waals surface area (Å²) in [6.07, 6.45) is 0. The summed E-state index contributed by atoms with van der Waals surface area (Å²) in [7, 11) is 0. The van der Waals surface area contributed by atoms with Gasteiger partial charge in [0.15, 0.2) is 5.82 Å². The molecule has 0 aliphatic rings. The molecule has 1 aromatic carbocycles. The van der Waals surface area contributed by atoms with E-state index in [0.717, 1.165) is 0 Å². The Kier molecular flexibility index (Phi) is 4.32. The van der Waals surface area contributed by atoms with E-state index in [2.05, 4.69) is 4.74 Å². The zero-order valence-electron chi connectivity index (χ0n) is 8.50. The maximum atomic E-state index is 13.6. The molecule has 0 heterocycles. The predicted octanol–water partition coefficient (Wildman–Crippen LogP) is 2.65. The Balaban J connectivity index is 3.47. The topological polar surface area (TPSA) is 69.4 Å². The van der Waals surface area contributed by atoms with Crippen LogP contribution in [-0.4, -0.2) is 17.5 Å². The van der Waals surface area contributed by atoms with Crippen LogP contribution in [0.5, 0.6) is 0 Å². The molecular weight excluding hydrogens is 351 g/mol. The van der Waals surface area contributed by atoms with Crippen LogP contribution >= 0.6 is 22.6 Å². The van der Waals surface area contributed by atoms with E-state index in [0.29, 0.717) is 6.07 Å². The molecule has 17 heavy (non-hydrogen) atoms. The number of nitro benzene ring substituents is 1. The van der Waals surface area contributed by atoms with Crippen molar-refractivity contribution in [2.75, 3.05) is 6.61 Å². The van der Waals surface area contributed by atoms with Crippen LogP contribution in [0.3, 0.4) is 0 Å². The molecule has 0 atom stereocenters. The lowest BCUT2D eigenvalue weighted by Gasteiger charge is -2.06. The maximum absolute atomic E-state index is 13.6. The fourth-order valence-electron chi connectivity index (χ4n) is 1.11. The van der Waals surface area contributed by atoms with Gasteiger partial charge in [-0.15, -0.1) is 0 Å². The van der Waals surface area contributed by atoms with Crippen molar-refractivity contribution in [1.29, 1.82) is 0 Å². The van der Waals surface area contributed by atoms with E-state index < -0.39 is 33.8 Å². The van der Waals surface area contributed by atoms with Crippen molar-refractivity contribution in [3.63, 3.8) is 0 Å². The van der Waals surface area contributed by atoms with Gasteiger partial charge in [0.25, 0.3) is 0 Å². The molecule has 0 aliphatic carbocycles. The van der Waals surface area contributed by atoms with Gasteiger partial charge in [0, 0.05) is 6.07 Å². The van der Waals surface area contributed by atoms with E-state index in [9.17, 15) is 23.7 Å². The van der Waals surface area contributed by atoms with Gasteiger partial charge in [-0.05, 0) is 29.5 Å². The molecule has 0 aromatic heterocycles. The summed E-state index contributed by atoms with van der Waals surface area (Å²) in [6, 6.07) is 0.716. The minimum Gasteiger partial charge on any atom is -0.462 e. The highest BCUT2D eigenvalue weighted by Crippen LogP contribution is 2.28. The zero-order chi connectivity index (χ0) is 13.2. The molecule has 5 nitrogen and oxygen atoms in total. The van der Waals surface area contributed by atoms with Gasteiger partial charge in [0.05, 0.1) is 15.1 Å². The third kappa shape index (κ3) is 2.68. The smallest absolute Gasteiger partial charge is 0.344 e. The number of hydrogen-bond donors (Lipinski definition) is 0. The van der Waals surface area contributed by atoms with Crippen molar-refractivity contribution in [1.82, 2.24) is 0 Å². The summed E-state index contributed by atoms with van der Waals surface area (Å²) in [5.41, 5.74) is -2.00. The number of nitro groups is 1. The number of carbonyl (C=O) groups is 1. The first kappa shape index (κ1) is 13.7. The third-order valence-corrected chi connectivity index (χ3v) is 2.60. The Labute approximate surface area is 108 Å². The highest BCUT2D eigenvalue weighted by Gasteiger charge is 2.29. The Hall–Kier alpha value is -1.32. The number of rotatable bonds is 3. The van der Waals surface area contributed by atoms with E-state index in [1.54, 1.807) is 0 Å². The highest BCUT2D eigenvalue weighted by atomic mass is 127. The molecule has 0 aliphatic heterocycles. The Morgan fingerprint density at radius 3 is 2.59 bits per heavy atom. The first-order valence-electron chi connectivity index (χ1n) is 4.39. The molecule has 0 saturated carbocycles. The van der Waals surface area contributed by atoms with Gasteiger partial charge >= 0.3 is 11.7 Å². The van der Waals surface area contributed by atoms with Gasteiger partial charge in [-0.3, -0.25) is 10.1 Å². The Morgan fingerprint density at radius 2 is 2.12 bits per heavy atom. The lowest BCUT2D eigenvalue weighted by atomic mass is 10.1. The van der Waals surface area contributed by atoms with E-state index in [1.807, 2.05) is 0 Å². The zero-order valence-corrected chi connectivity index (χ0v) is 10.7. The molecule has 0 saturated heterocycles. The molecule has 0 fully saturated rings. The van der Waals surface area contributed by atoms with E-state index >= 15 is 0 Å². The van der Waals surface area contributed by atoms with Crippen LogP contribution in [-0.2, 0) is 4.74 Å². The van der Waals surface area contributed by atoms with Gasteiger partial charge in [0.1, 0.15) is 5.56 Å². The lowest BCUT2D eigenvalue weighted by Crippen LogP contribution is -2.13. The van der Waals surface area contributed by atoms with Gasteiger partial charge in [-0.2, -0.15) is 4.39 Å². The summed E-state index contributed by atoms with van der Waals surface area (Å²) in [6.45, 7) is 1.37. The number of halogens is 3. The predicted molar refractivity (Wildman–Crippen MR) is 61.7 cm³/mol. The van der Waals surface area contributed by atoms with E-state index in [-0.39, 0.29) is 10.2 Å². The largest absolute Gasteiger partial charge is 0.462 e. The van der Waals surface area contributed by atoms with E-state index in [1.165, 1.54) is 29.5 Å². The molecule has 0 N–H and O–H groups in total. The summed E-state index contributed by atoms with van der Waals surface area (Å²) < 4.78 is 31.3. The first-order valence-corrected chi connectivity index (χ1v) is 5.47. The van der Waals surface area contributed by atoms with Gasteiger partial charge < -0.3 is 4.74 Å². The molecule has 0 amide bonds. The molecular formula is C9H6F2INO4. The summed E-state index contributed by atoms with van der Waals surface area (Å²) in [5.74, 6) is -3.94. The maximum Gasteiger partial charge on any atom is 0.344 e. The van der Waals surface area contributed by atoms with Crippen LogP contribution in [0, 0.1) is 25.3 Å². The average molecular weight is 357 g/mol. The van der Waals surface area contributed by atoms with Gasteiger partial charge in [-0.1, -0.05) is 0 Å². The Bertz CT molecular complexity index is 492. The SMILES string of the molecule is CCOC(=O)c1c(F)c(I)cc([N+](=O)[O-])c1F. The molecule has 8 heteroatoms. The molecule has 0 radical (unpaired) electrons. The van der Waals surface area contributed by atoms with E-state index in [4.69, 9.17) is 0 Å². The summed E-state index contributed by atoms with van der Waals surface area (Å²) in [5, 5.41) is 10.5. The van der Waals surface area contributed by atoms with Crippen molar-refractivity contribution in [2.24, 2.45) is 0 Å². The normalized spacial score (nSPS) is 10.1. The van der Waals surface area contributed by atoms with Crippen LogP contribution in [0.25, 0.3) is 0 Å². The molecule has 1 aromatic rings.